The number of ether oxygens (including phenoxy) is 1. The van der Waals surface area contributed by atoms with E-state index in [2.05, 4.69) is 15.6 Å². The summed E-state index contributed by atoms with van der Waals surface area (Å²) in [6.07, 6.45) is 5.71. The van der Waals surface area contributed by atoms with Gasteiger partial charge in [-0.15, -0.1) is 6.42 Å². The van der Waals surface area contributed by atoms with Crippen LogP contribution in [-0.4, -0.2) is 11.6 Å². The van der Waals surface area contributed by atoms with Gasteiger partial charge in [0.15, 0.2) is 12.4 Å². The van der Waals surface area contributed by atoms with E-state index in [-0.39, 0.29) is 12.5 Å². The van der Waals surface area contributed by atoms with E-state index in [1.807, 2.05) is 0 Å². The smallest absolute Gasteiger partial charge is 0.251 e. The second-order valence-corrected chi connectivity index (χ2v) is 1.93. The van der Waals surface area contributed by atoms with Crippen LogP contribution in [0.5, 0.6) is 5.88 Å². The van der Waals surface area contributed by atoms with Crippen LogP contribution >= 0.6 is 0 Å². The van der Waals surface area contributed by atoms with Crippen LogP contribution in [0, 0.1) is 24.0 Å². The van der Waals surface area contributed by atoms with Crippen molar-refractivity contribution < 1.29 is 13.5 Å². The van der Waals surface area contributed by atoms with Crippen molar-refractivity contribution in [1.29, 1.82) is 0 Å². The van der Waals surface area contributed by atoms with Crippen molar-refractivity contribution in [3.05, 3.63) is 23.9 Å². The van der Waals surface area contributed by atoms with E-state index in [4.69, 9.17) is 6.42 Å². The molecule has 2 nitrogen and oxygen atoms in total. The van der Waals surface area contributed by atoms with Gasteiger partial charge in [0, 0.05) is 6.07 Å². The zero-order valence-electron chi connectivity index (χ0n) is 6.05. The monoisotopic (exact) mass is 169 g/mol. The molecule has 1 heterocycles. The molecule has 0 saturated carbocycles. The molecular weight excluding hydrogens is 164 g/mol. The van der Waals surface area contributed by atoms with E-state index in [1.165, 1.54) is 0 Å². The molecule has 0 bridgehead atoms. The Morgan fingerprint density at radius 1 is 1.58 bits per heavy atom. The summed E-state index contributed by atoms with van der Waals surface area (Å²) in [6.45, 7) is -0.0877. The molecule has 0 spiro atoms. The number of hydrogen-bond acceptors (Lipinski definition) is 2. The molecule has 62 valence electrons. The van der Waals surface area contributed by atoms with Gasteiger partial charge in [-0.1, -0.05) is 5.92 Å². The number of aromatic nitrogens is 1. The summed E-state index contributed by atoms with van der Waals surface area (Å²) in [6, 6.07) is 0.679. The molecule has 0 N–H and O–H groups in total. The molecule has 0 aliphatic rings. The van der Waals surface area contributed by atoms with Crippen LogP contribution < -0.4 is 4.74 Å². The van der Waals surface area contributed by atoms with E-state index in [0.29, 0.717) is 6.07 Å². The van der Waals surface area contributed by atoms with E-state index in [9.17, 15) is 8.78 Å². The van der Waals surface area contributed by atoms with E-state index in [1.54, 1.807) is 0 Å². The van der Waals surface area contributed by atoms with Gasteiger partial charge in [0.05, 0.1) is 6.20 Å². The Kier molecular flexibility index (Phi) is 2.59. The highest BCUT2D eigenvalue weighted by molar-refractivity contribution is 5.14. The highest BCUT2D eigenvalue weighted by Gasteiger charge is 2.04. The van der Waals surface area contributed by atoms with Gasteiger partial charge in [-0.3, -0.25) is 0 Å². The SMILES string of the molecule is C#CCOc1ncc(F)cc1F. The molecule has 12 heavy (non-hydrogen) atoms. The predicted octanol–water partition coefficient (Wildman–Crippen LogP) is 1.37. The number of hydrogen-bond donors (Lipinski definition) is 0. The summed E-state index contributed by atoms with van der Waals surface area (Å²) in [5, 5.41) is 0. The van der Waals surface area contributed by atoms with E-state index >= 15 is 0 Å². The maximum atomic E-state index is 12.7. The first-order valence-corrected chi connectivity index (χ1v) is 3.11. The average molecular weight is 169 g/mol. The fourth-order valence-electron chi connectivity index (χ4n) is 0.618. The summed E-state index contributed by atoms with van der Waals surface area (Å²) >= 11 is 0. The fourth-order valence-corrected chi connectivity index (χ4v) is 0.618. The third-order valence-corrected chi connectivity index (χ3v) is 1.07. The van der Waals surface area contributed by atoms with Gasteiger partial charge in [0.25, 0.3) is 5.88 Å². The van der Waals surface area contributed by atoms with Crippen LogP contribution in [0.25, 0.3) is 0 Å². The zero-order chi connectivity index (χ0) is 8.97. The molecule has 0 fully saturated rings. The van der Waals surface area contributed by atoms with E-state index < -0.39 is 11.6 Å². The molecule has 0 amide bonds. The Labute approximate surface area is 68.2 Å². The van der Waals surface area contributed by atoms with Gasteiger partial charge in [-0.2, -0.15) is 0 Å². The van der Waals surface area contributed by atoms with Gasteiger partial charge in [-0.25, -0.2) is 13.8 Å². The first-order valence-electron chi connectivity index (χ1n) is 3.11. The normalized spacial score (nSPS) is 9.08. The average Bonchev–Trinajstić information content (AvgIpc) is 2.03. The minimum Gasteiger partial charge on any atom is -0.462 e. The summed E-state index contributed by atoms with van der Waals surface area (Å²) < 4.78 is 29.6. The minimum absolute atomic E-state index is 0.0877. The Morgan fingerprint density at radius 2 is 2.33 bits per heavy atom. The van der Waals surface area contributed by atoms with Crippen LogP contribution in [0.15, 0.2) is 12.3 Å². The largest absolute Gasteiger partial charge is 0.462 e. The second kappa shape index (κ2) is 3.67. The lowest BCUT2D eigenvalue weighted by atomic mass is 10.4. The molecule has 0 aromatic carbocycles. The number of terminal acetylenes is 1. The quantitative estimate of drug-likeness (QED) is 0.624. The molecule has 1 aromatic heterocycles. The summed E-state index contributed by atoms with van der Waals surface area (Å²) in [5.74, 6) is 0.247. The summed E-state index contributed by atoms with van der Waals surface area (Å²) in [7, 11) is 0. The van der Waals surface area contributed by atoms with Crippen LogP contribution in [-0.2, 0) is 0 Å². The topological polar surface area (TPSA) is 22.1 Å². The lowest BCUT2D eigenvalue weighted by Crippen LogP contribution is -1.99. The minimum atomic E-state index is -0.856. The summed E-state index contributed by atoms with van der Waals surface area (Å²) in [4.78, 5) is 3.35. The van der Waals surface area contributed by atoms with Crippen LogP contribution in [0.1, 0.15) is 0 Å². The molecule has 0 aliphatic heterocycles. The third-order valence-electron chi connectivity index (χ3n) is 1.07. The lowest BCUT2D eigenvalue weighted by Gasteiger charge is -2.00. The van der Waals surface area contributed by atoms with Crippen LogP contribution in [0.3, 0.4) is 0 Å². The first-order chi connectivity index (χ1) is 5.74. The first kappa shape index (κ1) is 8.47. The van der Waals surface area contributed by atoms with E-state index in [0.717, 1.165) is 6.20 Å². The standard InChI is InChI=1S/C8H5F2NO/c1-2-3-12-8-7(10)4-6(9)5-11-8/h1,4-5H,3H2. The van der Waals surface area contributed by atoms with Gasteiger partial charge >= 0.3 is 0 Å². The molecule has 0 unspecified atom stereocenters. The zero-order valence-corrected chi connectivity index (χ0v) is 6.05. The molecule has 4 heteroatoms. The maximum Gasteiger partial charge on any atom is 0.251 e. The number of pyridine rings is 1. The van der Waals surface area contributed by atoms with Crippen LogP contribution in [0.4, 0.5) is 8.78 Å². The highest BCUT2D eigenvalue weighted by Crippen LogP contribution is 2.12. The molecule has 1 rings (SSSR count). The van der Waals surface area contributed by atoms with Crippen LogP contribution in [0.2, 0.25) is 0 Å². The summed E-state index contributed by atoms with van der Waals surface area (Å²) in [5.41, 5.74) is 0. The second-order valence-electron chi connectivity index (χ2n) is 1.93. The molecule has 0 atom stereocenters. The fraction of sp³-hybridized carbons (Fsp3) is 0.125. The Bertz CT molecular complexity index is 319. The predicted molar refractivity (Wildman–Crippen MR) is 38.5 cm³/mol. The van der Waals surface area contributed by atoms with Crippen molar-refractivity contribution in [2.24, 2.45) is 0 Å². The third kappa shape index (κ3) is 1.92. The van der Waals surface area contributed by atoms with Crippen molar-refractivity contribution in [3.63, 3.8) is 0 Å². The molecule has 1 aromatic rings. The number of nitrogens with zero attached hydrogens (tertiary/aromatic N) is 1. The van der Waals surface area contributed by atoms with Crippen molar-refractivity contribution >= 4 is 0 Å². The van der Waals surface area contributed by atoms with Crippen molar-refractivity contribution in [2.75, 3.05) is 6.61 Å². The molecule has 0 radical (unpaired) electrons. The highest BCUT2D eigenvalue weighted by atomic mass is 19.1. The molecule has 0 saturated heterocycles. The van der Waals surface area contributed by atoms with Crippen molar-refractivity contribution in [1.82, 2.24) is 4.98 Å². The Hall–Kier alpha value is -1.63. The maximum absolute atomic E-state index is 12.7. The molecule has 0 aliphatic carbocycles. The Balaban J connectivity index is 2.81. The number of rotatable bonds is 2. The van der Waals surface area contributed by atoms with Gasteiger partial charge in [0.2, 0.25) is 0 Å². The lowest BCUT2D eigenvalue weighted by molar-refractivity contribution is 0.330. The number of halogens is 2. The van der Waals surface area contributed by atoms with Gasteiger partial charge < -0.3 is 4.74 Å². The Morgan fingerprint density at radius 3 is 2.92 bits per heavy atom. The van der Waals surface area contributed by atoms with Gasteiger partial charge in [-0.05, 0) is 0 Å². The molecular formula is C8H5F2NO. The van der Waals surface area contributed by atoms with Gasteiger partial charge in [0.1, 0.15) is 5.82 Å². The van der Waals surface area contributed by atoms with Crippen molar-refractivity contribution in [2.45, 2.75) is 0 Å². The van der Waals surface area contributed by atoms with Crippen molar-refractivity contribution in [3.8, 4) is 18.2 Å².